The van der Waals surface area contributed by atoms with E-state index >= 15 is 0 Å². The number of fused-ring (bicyclic) bond motifs is 14. The number of hydrogen-bond donors (Lipinski definition) is 0. The summed E-state index contributed by atoms with van der Waals surface area (Å²) in [5.74, 6) is -0.130. The van der Waals surface area contributed by atoms with Gasteiger partial charge in [-0.3, -0.25) is 0 Å². The molecule has 3 aromatic heterocycles. The highest BCUT2D eigenvalue weighted by molar-refractivity contribution is 6.21. The quantitative estimate of drug-likeness (QED) is 0.180. The summed E-state index contributed by atoms with van der Waals surface area (Å²) in [5, 5.41) is 40.8. The summed E-state index contributed by atoms with van der Waals surface area (Å²) in [7, 11) is 0. The van der Waals surface area contributed by atoms with E-state index in [0.29, 0.717) is 28.0 Å². The van der Waals surface area contributed by atoms with Crippen LogP contribution in [0.5, 0.6) is 0 Å². The van der Waals surface area contributed by atoms with Gasteiger partial charge in [-0.1, -0.05) is 103 Å². The van der Waals surface area contributed by atoms with Crippen LogP contribution in [-0.4, -0.2) is 9.30 Å². The third kappa shape index (κ3) is 4.17. The molecular formula is C50H28N5O2-. The van der Waals surface area contributed by atoms with E-state index in [9.17, 15) is 15.7 Å². The number of rotatable bonds is 3. The van der Waals surface area contributed by atoms with Crippen molar-refractivity contribution in [1.82, 2.24) is 9.30 Å². The average Bonchev–Trinajstić information content (AvgIpc) is 4.00. The lowest BCUT2D eigenvalue weighted by Crippen LogP contribution is -2.26. The molecule has 2 unspecified atom stereocenters. The fraction of sp³-hybridized carbons (Fsp3) is 0.0400. The van der Waals surface area contributed by atoms with Crippen molar-refractivity contribution in [3.63, 3.8) is 0 Å². The highest BCUT2D eigenvalue weighted by Gasteiger charge is 2.44. The number of benzene rings is 7. The van der Waals surface area contributed by atoms with Crippen LogP contribution in [0.15, 0.2) is 156 Å². The van der Waals surface area contributed by atoms with Crippen molar-refractivity contribution in [2.24, 2.45) is 0 Å². The average molecular weight is 731 g/mol. The molecule has 0 spiro atoms. The lowest BCUT2D eigenvalue weighted by atomic mass is 9.85. The highest BCUT2D eigenvalue weighted by atomic mass is 16.5. The van der Waals surface area contributed by atoms with E-state index in [1.165, 1.54) is 0 Å². The van der Waals surface area contributed by atoms with Crippen molar-refractivity contribution < 1.29 is 4.42 Å². The van der Waals surface area contributed by atoms with Crippen LogP contribution in [0.1, 0.15) is 39.9 Å². The Bertz CT molecular complexity index is 3490. The predicted octanol–water partition coefficient (Wildman–Crippen LogP) is 12.4. The fourth-order valence-corrected chi connectivity index (χ4v) is 9.73. The molecule has 2 atom stereocenters. The molecule has 7 heteroatoms. The van der Waals surface area contributed by atoms with Crippen molar-refractivity contribution in [3.05, 3.63) is 185 Å². The van der Waals surface area contributed by atoms with Crippen molar-refractivity contribution in [2.45, 2.75) is 12.0 Å². The Kier molecular flexibility index (Phi) is 6.33. The zero-order chi connectivity index (χ0) is 37.9. The maximum atomic E-state index is 14.3. The van der Waals surface area contributed by atoms with E-state index in [1.807, 2.05) is 97.1 Å². The normalized spacial score (nSPS) is 15.6. The fourth-order valence-electron chi connectivity index (χ4n) is 9.73. The Morgan fingerprint density at radius 3 is 2.26 bits per heavy atom. The molecule has 4 heterocycles. The standard InChI is InChI=1S/C50H28N5O2/c51-27-29-24-31(26-32(25-29)53-42-16-5-1-12-35(42)40-22-23-41-37-14-4-8-19-45(37)57-50(41)49(40)53)33-15-9-10-30(28-52)46(33)54-43-17-6-2-11-34(43)38-20-21-39-36-13-3-7-18-44(36)55(56)48(39)47(38)54/h1-26,38,47H/q-1. The van der Waals surface area contributed by atoms with E-state index in [0.717, 1.165) is 87.5 Å². The van der Waals surface area contributed by atoms with Gasteiger partial charge in [0.1, 0.15) is 11.7 Å². The summed E-state index contributed by atoms with van der Waals surface area (Å²) in [6.07, 6.45) is 4.28. The molecule has 0 saturated carbocycles. The Hall–Kier alpha value is -8.00. The van der Waals surface area contributed by atoms with E-state index in [4.69, 9.17) is 4.42 Å². The molecule has 12 rings (SSSR count). The van der Waals surface area contributed by atoms with E-state index < -0.39 is 6.04 Å². The van der Waals surface area contributed by atoms with Crippen LogP contribution in [0, 0.1) is 27.9 Å². The Morgan fingerprint density at radius 1 is 0.649 bits per heavy atom. The third-order valence-corrected chi connectivity index (χ3v) is 12.0. The molecule has 0 bridgehead atoms. The lowest BCUT2D eigenvalue weighted by molar-refractivity contribution is 0.636. The van der Waals surface area contributed by atoms with Gasteiger partial charge in [-0.2, -0.15) is 10.5 Å². The van der Waals surface area contributed by atoms with Crippen molar-refractivity contribution >= 4 is 72.1 Å². The van der Waals surface area contributed by atoms with Gasteiger partial charge in [0.05, 0.1) is 40.0 Å². The van der Waals surface area contributed by atoms with Crippen LogP contribution in [0.2, 0.25) is 0 Å². The summed E-state index contributed by atoms with van der Waals surface area (Å²) < 4.78 is 9.90. The molecule has 57 heavy (non-hydrogen) atoms. The van der Waals surface area contributed by atoms with Gasteiger partial charge in [0.2, 0.25) is 0 Å². The van der Waals surface area contributed by atoms with E-state index in [1.54, 1.807) is 0 Å². The Labute approximate surface area is 325 Å². The number of nitrogens with zero attached hydrogens (tertiary/aromatic N) is 5. The SMILES string of the molecule is N#Cc1cc(-c2cccc(C#N)c2N2c3ccccc3C3C=Cc4c(n([O-])c5ccccc45)C32)cc(-n2c3ccccc3c3ccc4c5ccccc5oc4c32)c1. The molecule has 0 amide bonds. The smallest absolute Gasteiger partial charge is 0.160 e. The van der Waals surface area contributed by atoms with Gasteiger partial charge in [-0.15, -0.1) is 0 Å². The molecule has 0 saturated heterocycles. The molecule has 0 radical (unpaired) electrons. The molecule has 266 valence electrons. The van der Waals surface area contributed by atoms with Gasteiger partial charge in [0.15, 0.2) is 5.58 Å². The van der Waals surface area contributed by atoms with Crippen molar-refractivity contribution in [1.29, 1.82) is 10.5 Å². The first-order valence-electron chi connectivity index (χ1n) is 18.9. The summed E-state index contributed by atoms with van der Waals surface area (Å²) in [6, 6.07) is 52.8. The van der Waals surface area contributed by atoms with Crippen LogP contribution >= 0.6 is 0 Å². The molecule has 1 aliphatic heterocycles. The second kappa shape index (κ2) is 11.5. The first-order chi connectivity index (χ1) is 28.1. The van der Waals surface area contributed by atoms with Crippen LogP contribution in [-0.2, 0) is 0 Å². The van der Waals surface area contributed by atoms with Crippen molar-refractivity contribution in [2.75, 3.05) is 4.90 Å². The van der Waals surface area contributed by atoms with Crippen LogP contribution in [0.4, 0.5) is 11.4 Å². The first kappa shape index (κ1) is 31.4. The first-order valence-corrected chi connectivity index (χ1v) is 18.9. The molecule has 0 fully saturated rings. The minimum Gasteiger partial charge on any atom is -0.805 e. The molecule has 1 aliphatic carbocycles. The number of furan rings is 1. The topological polar surface area (TPSA) is 96.9 Å². The predicted molar refractivity (Wildman–Crippen MR) is 227 cm³/mol. The number of hydrogen-bond acceptors (Lipinski definition) is 5. The molecule has 0 N–H and O–H groups in total. The van der Waals surface area contributed by atoms with Crippen molar-refractivity contribution in [3.8, 4) is 29.0 Å². The number of para-hydroxylation sites is 5. The largest absolute Gasteiger partial charge is 0.805 e. The third-order valence-electron chi connectivity index (χ3n) is 12.0. The maximum Gasteiger partial charge on any atom is 0.160 e. The van der Waals surface area contributed by atoms with E-state index in [-0.39, 0.29) is 5.92 Å². The van der Waals surface area contributed by atoms with Crippen LogP contribution in [0.3, 0.4) is 0 Å². The summed E-state index contributed by atoms with van der Waals surface area (Å²) >= 11 is 0. The second-order valence-electron chi connectivity index (χ2n) is 14.9. The maximum absolute atomic E-state index is 14.3. The van der Waals surface area contributed by atoms with E-state index in [2.05, 4.69) is 82.3 Å². The van der Waals surface area contributed by atoms with Gasteiger partial charge in [0, 0.05) is 66.6 Å². The van der Waals surface area contributed by atoms with Crippen LogP contribution < -0.4 is 4.90 Å². The number of anilines is 2. The number of aromatic nitrogens is 2. The summed E-state index contributed by atoms with van der Waals surface area (Å²) in [4.78, 5) is 2.20. The zero-order valence-corrected chi connectivity index (χ0v) is 30.2. The second-order valence-corrected chi connectivity index (χ2v) is 14.9. The zero-order valence-electron chi connectivity index (χ0n) is 30.2. The Balaban J connectivity index is 1.14. The molecule has 10 aromatic rings. The molecule has 7 aromatic carbocycles. The van der Waals surface area contributed by atoms with Gasteiger partial charge >= 0.3 is 0 Å². The number of nitriles is 2. The minimum atomic E-state index is -0.419. The monoisotopic (exact) mass is 730 g/mol. The highest BCUT2D eigenvalue weighted by Crippen LogP contribution is 2.58. The van der Waals surface area contributed by atoms with Gasteiger partial charge in [0.25, 0.3) is 0 Å². The molecule has 2 aliphatic rings. The van der Waals surface area contributed by atoms with Gasteiger partial charge < -0.3 is 23.8 Å². The minimum absolute atomic E-state index is 0.130. The lowest BCUT2D eigenvalue weighted by Gasteiger charge is -2.36. The summed E-state index contributed by atoms with van der Waals surface area (Å²) in [6.45, 7) is 0. The van der Waals surface area contributed by atoms with Gasteiger partial charge in [-0.25, -0.2) is 0 Å². The van der Waals surface area contributed by atoms with Crippen LogP contribution in [0.25, 0.3) is 77.5 Å². The molecular weight excluding hydrogens is 703 g/mol. The summed E-state index contributed by atoms with van der Waals surface area (Å²) in [5.41, 5.74) is 11.6. The Morgan fingerprint density at radius 2 is 1.40 bits per heavy atom. The molecule has 7 nitrogen and oxygen atoms in total. The van der Waals surface area contributed by atoms with Gasteiger partial charge in [-0.05, 0) is 65.7 Å².